The summed E-state index contributed by atoms with van der Waals surface area (Å²) in [5.41, 5.74) is 1.35. The lowest BCUT2D eigenvalue weighted by atomic mass is 10.2. The van der Waals surface area contributed by atoms with E-state index < -0.39 is 0 Å². The number of benzene rings is 1. The maximum Gasteiger partial charge on any atom is 0.262 e. The van der Waals surface area contributed by atoms with Gasteiger partial charge in [0, 0.05) is 12.3 Å². The quantitative estimate of drug-likeness (QED) is 0.832. The van der Waals surface area contributed by atoms with Crippen LogP contribution in [0, 0.1) is 0 Å². The average Bonchev–Trinajstić information content (AvgIpc) is 2.55. The number of hydrogen-bond acceptors (Lipinski definition) is 5. The summed E-state index contributed by atoms with van der Waals surface area (Å²) < 4.78 is 5.33. The molecular weight excluding hydrogens is 338 g/mol. The summed E-state index contributed by atoms with van der Waals surface area (Å²) in [6, 6.07) is 6.52. The molecule has 2 heterocycles. The van der Waals surface area contributed by atoms with Crippen LogP contribution in [0.2, 0.25) is 5.02 Å². The fraction of sp³-hybridized carbons (Fsp3) is 0.133. The van der Waals surface area contributed by atoms with E-state index in [2.05, 4.69) is 15.6 Å². The molecule has 2 amide bonds. The molecule has 0 saturated heterocycles. The highest BCUT2D eigenvalue weighted by atomic mass is 35.5. The van der Waals surface area contributed by atoms with Gasteiger partial charge < -0.3 is 15.4 Å². The Morgan fingerprint density at radius 3 is 3.09 bits per heavy atom. The lowest BCUT2D eigenvalue weighted by molar-refractivity contribution is -0.118. The zero-order valence-corrected chi connectivity index (χ0v) is 13.6. The van der Waals surface area contributed by atoms with Crippen molar-refractivity contribution < 1.29 is 14.3 Å². The molecule has 2 aromatic rings. The highest BCUT2D eigenvalue weighted by molar-refractivity contribution is 7.98. The van der Waals surface area contributed by atoms with Crippen LogP contribution in [0.15, 0.2) is 35.5 Å². The van der Waals surface area contributed by atoms with E-state index >= 15 is 0 Å². The van der Waals surface area contributed by atoms with Crippen LogP contribution in [-0.2, 0) is 4.79 Å². The Morgan fingerprint density at radius 2 is 2.30 bits per heavy atom. The van der Waals surface area contributed by atoms with E-state index in [1.54, 1.807) is 30.5 Å². The van der Waals surface area contributed by atoms with Crippen LogP contribution in [0.1, 0.15) is 10.4 Å². The lowest BCUT2D eigenvalue weighted by Crippen LogP contribution is -2.25. The topological polar surface area (TPSA) is 80.3 Å². The largest absolute Gasteiger partial charge is 0.482 e. The third-order valence-electron chi connectivity index (χ3n) is 3.16. The van der Waals surface area contributed by atoms with E-state index in [1.807, 2.05) is 6.26 Å². The van der Waals surface area contributed by atoms with Gasteiger partial charge in [-0.3, -0.25) is 9.59 Å². The maximum absolute atomic E-state index is 12.4. The molecule has 3 rings (SSSR count). The summed E-state index contributed by atoms with van der Waals surface area (Å²) in [6.45, 7) is -0.0682. The second kappa shape index (κ2) is 6.47. The van der Waals surface area contributed by atoms with Gasteiger partial charge in [0.15, 0.2) is 6.61 Å². The molecule has 118 valence electrons. The Labute approximate surface area is 141 Å². The molecule has 0 fully saturated rings. The first-order valence-corrected chi connectivity index (χ1v) is 8.25. The highest BCUT2D eigenvalue weighted by Gasteiger charge is 2.20. The predicted molar refractivity (Wildman–Crippen MR) is 89.5 cm³/mol. The van der Waals surface area contributed by atoms with Crippen molar-refractivity contribution >= 4 is 46.6 Å². The Hall–Kier alpha value is -2.25. The number of pyridine rings is 1. The molecule has 1 aliphatic rings. The Balaban J connectivity index is 1.88. The summed E-state index contributed by atoms with van der Waals surface area (Å²) in [6.07, 6.45) is 3.48. The molecule has 1 aromatic carbocycles. The van der Waals surface area contributed by atoms with Crippen LogP contribution in [0.4, 0.5) is 11.4 Å². The molecule has 1 aliphatic heterocycles. The van der Waals surface area contributed by atoms with E-state index in [1.165, 1.54) is 11.8 Å². The van der Waals surface area contributed by atoms with Crippen molar-refractivity contribution in [2.75, 3.05) is 23.5 Å². The number of aromatic nitrogens is 1. The number of carbonyl (C=O) groups excluding carboxylic acids is 2. The minimum Gasteiger partial charge on any atom is -0.482 e. The SMILES string of the molecule is CSc1ncccc1C(=O)Nc1cc2c(cc1Cl)NC(=O)CO2. The van der Waals surface area contributed by atoms with Gasteiger partial charge in [0.25, 0.3) is 11.8 Å². The second-order valence-electron chi connectivity index (χ2n) is 4.68. The molecular formula is C15H12ClN3O3S. The molecule has 0 aliphatic carbocycles. The third-order valence-corrected chi connectivity index (χ3v) is 4.18. The number of ether oxygens (including phenoxy) is 1. The van der Waals surface area contributed by atoms with E-state index in [9.17, 15) is 9.59 Å². The monoisotopic (exact) mass is 349 g/mol. The summed E-state index contributed by atoms with van der Waals surface area (Å²) in [5.74, 6) is -0.102. The minimum absolute atomic E-state index is 0.0682. The van der Waals surface area contributed by atoms with Crippen LogP contribution in [0.25, 0.3) is 0 Å². The molecule has 0 unspecified atom stereocenters. The number of halogens is 1. The Bertz CT molecular complexity index is 798. The van der Waals surface area contributed by atoms with Crippen molar-refractivity contribution in [1.29, 1.82) is 0 Å². The Morgan fingerprint density at radius 1 is 1.48 bits per heavy atom. The zero-order valence-electron chi connectivity index (χ0n) is 12.1. The number of thioether (sulfide) groups is 1. The van der Waals surface area contributed by atoms with Gasteiger partial charge in [0.2, 0.25) is 0 Å². The van der Waals surface area contributed by atoms with Crippen LogP contribution in [0.5, 0.6) is 5.75 Å². The molecule has 0 atom stereocenters. The lowest BCUT2D eigenvalue weighted by Gasteiger charge is -2.19. The van der Waals surface area contributed by atoms with E-state index in [0.717, 1.165) is 0 Å². The predicted octanol–water partition coefficient (Wildman–Crippen LogP) is 3.04. The number of hydrogen-bond donors (Lipinski definition) is 2. The van der Waals surface area contributed by atoms with Crippen molar-refractivity contribution in [2.24, 2.45) is 0 Å². The molecule has 0 bridgehead atoms. The number of fused-ring (bicyclic) bond motifs is 1. The van der Waals surface area contributed by atoms with Crippen molar-refractivity contribution in [3.8, 4) is 5.75 Å². The third kappa shape index (κ3) is 3.25. The summed E-state index contributed by atoms with van der Waals surface area (Å²) in [7, 11) is 0. The van der Waals surface area contributed by atoms with Gasteiger partial charge in [-0.15, -0.1) is 11.8 Å². The second-order valence-corrected chi connectivity index (χ2v) is 5.88. The standard InChI is InChI=1S/C15H12ClN3O3S/c1-23-15-8(3-2-4-17-15)14(21)19-10-6-12-11(5-9(10)16)18-13(20)7-22-12/h2-6H,7H2,1H3,(H,18,20)(H,19,21). The van der Waals surface area contributed by atoms with E-state index in [-0.39, 0.29) is 18.4 Å². The van der Waals surface area contributed by atoms with Crippen LogP contribution < -0.4 is 15.4 Å². The van der Waals surface area contributed by atoms with Crippen molar-refractivity contribution in [3.63, 3.8) is 0 Å². The van der Waals surface area contributed by atoms with Gasteiger partial charge in [-0.25, -0.2) is 4.98 Å². The number of carbonyl (C=O) groups is 2. The zero-order chi connectivity index (χ0) is 16.4. The van der Waals surface area contributed by atoms with Crippen molar-refractivity contribution in [2.45, 2.75) is 5.03 Å². The normalized spacial score (nSPS) is 12.9. The highest BCUT2D eigenvalue weighted by Crippen LogP contribution is 2.36. The number of amides is 2. The van der Waals surface area contributed by atoms with Gasteiger partial charge in [0.1, 0.15) is 10.8 Å². The summed E-state index contributed by atoms with van der Waals surface area (Å²) >= 11 is 7.56. The molecule has 2 N–H and O–H groups in total. The molecule has 0 saturated carbocycles. The first-order chi connectivity index (χ1) is 11.1. The average molecular weight is 350 g/mol. The number of rotatable bonds is 3. The summed E-state index contributed by atoms with van der Waals surface area (Å²) in [4.78, 5) is 27.9. The van der Waals surface area contributed by atoms with E-state index in [0.29, 0.717) is 32.7 Å². The molecule has 0 spiro atoms. The summed E-state index contributed by atoms with van der Waals surface area (Å²) in [5, 5.41) is 6.33. The molecule has 0 radical (unpaired) electrons. The first-order valence-electron chi connectivity index (χ1n) is 6.65. The van der Waals surface area contributed by atoms with Gasteiger partial charge in [-0.2, -0.15) is 0 Å². The molecule has 8 heteroatoms. The fourth-order valence-electron chi connectivity index (χ4n) is 2.11. The van der Waals surface area contributed by atoms with Gasteiger partial charge in [0.05, 0.1) is 22.0 Å². The minimum atomic E-state index is -0.316. The van der Waals surface area contributed by atoms with Crippen molar-refractivity contribution in [3.05, 3.63) is 41.0 Å². The number of anilines is 2. The number of nitrogens with zero attached hydrogens (tertiary/aromatic N) is 1. The van der Waals surface area contributed by atoms with Crippen LogP contribution in [-0.4, -0.2) is 29.7 Å². The Kier molecular flexibility index (Phi) is 4.40. The number of nitrogens with one attached hydrogen (secondary N) is 2. The molecule has 1 aromatic heterocycles. The molecule has 23 heavy (non-hydrogen) atoms. The van der Waals surface area contributed by atoms with Gasteiger partial charge in [-0.1, -0.05) is 11.6 Å². The van der Waals surface area contributed by atoms with Gasteiger partial charge >= 0.3 is 0 Å². The van der Waals surface area contributed by atoms with Crippen molar-refractivity contribution in [1.82, 2.24) is 4.98 Å². The van der Waals surface area contributed by atoms with E-state index in [4.69, 9.17) is 16.3 Å². The smallest absolute Gasteiger partial charge is 0.262 e. The van der Waals surface area contributed by atoms with Crippen LogP contribution in [0.3, 0.4) is 0 Å². The first kappa shape index (κ1) is 15.6. The molecule has 6 nitrogen and oxygen atoms in total. The fourth-order valence-corrected chi connectivity index (χ4v) is 2.87. The van der Waals surface area contributed by atoms with Crippen LogP contribution >= 0.6 is 23.4 Å². The maximum atomic E-state index is 12.4. The van der Waals surface area contributed by atoms with Gasteiger partial charge in [-0.05, 0) is 24.5 Å².